The topological polar surface area (TPSA) is 131 Å². The van der Waals surface area contributed by atoms with Gasteiger partial charge in [0.15, 0.2) is 0 Å². The number of rotatable bonds is 7. The number of hydrogen-bond donors (Lipinski definition) is 3. The molecule has 3 aromatic rings. The monoisotopic (exact) mass is 559 g/mol. The second kappa shape index (κ2) is 11.7. The maximum absolute atomic E-state index is 13.4. The average Bonchev–Trinajstić information content (AvgIpc) is 3.04. The highest BCUT2D eigenvalue weighted by Crippen LogP contribution is 2.38. The number of ether oxygens (including phenoxy) is 1. The fourth-order valence-electron chi connectivity index (χ4n) is 4.15. The second-order valence-electron chi connectivity index (χ2n) is 8.50. The molecular weight excluding hydrogens is 533 g/mol. The summed E-state index contributed by atoms with van der Waals surface area (Å²) in [7, 11) is -4.12. The van der Waals surface area contributed by atoms with Crippen LogP contribution < -0.4 is 15.4 Å². The molecule has 3 amide bonds. The highest BCUT2D eigenvalue weighted by Gasteiger charge is 2.28. The molecular formula is C26H26FN3O6S2. The number of thiophene rings is 1. The van der Waals surface area contributed by atoms with E-state index in [9.17, 15) is 27.2 Å². The molecule has 0 saturated carbocycles. The molecule has 0 fully saturated rings. The molecule has 0 spiro atoms. The predicted molar refractivity (Wildman–Crippen MR) is 142 cm³/mol. The van der Waals surface area contributed by atoms with E-state index < -0.39 is 33.7 Å². The van der Waals surface area contributed by atoms with Crippen LogP contribution >= 0.6 is 11.3 Å². The summed E-state index contributed by atoms with van der Waals surface area (Å²) in [4.78, 5) is 39.2. The van der Waals surface area contributed by atoms with Crippen molar-refractivity contribution >= 4 is 50.0 Å². The minimum absolute atomic E-state index is 0.00460. The third-order valence-corrected chi connectivity index (χ3v) is 8.50. The van der Waals surface area contributed by atoms with Crippen LogP contribution in [0.5, 0.6) is 0 Å². The number of hydrogen-bond acceptors (Lipinski definition) is 7. The third-order valence-electron chi connectivity index (χ3n) is 5.91. The molecule has 2 aromatic carbocycles. The third kappa shape index (κ3) is 6.20. The first-order valence-corrected chi connectivity index (χ1v) is 14.3. The van der Waals surface area contributed by atoms with Gasteiger partial charge in [0.25, 0.3) is 21.8 Å². The highest BCUT2D eigenvalue weighted by molar-refractivity contribution is 7.92. The minimum Gasteiger partial charge on any atom is -0.450 e. The van der Waals surface area contributed by atoms with E-state index >= 15 is 0 Å². The van der Waals surface area contributed by atoms with Gasteiger partial charge < -0.3 is 10.1 Å². The van der Waals surface area contributed by atoms with Crippen molar-refractivity contribution in [1.82, 2.24) is 5.32 Å². The van der Waals surface area contributed by atoms with Crippen molar-refractivity contribution < 1.29 is 31.9 Å². The lowest BCUT2D eigenvalue weighted by atomic mass is 10.0. The fraction of sp³-hybridized carbons (Fsp3) is 0.269. The van der Waals surface area contributed by atoms with E-state index in [1.165, 1.54) is 23.5 Å². The summed E-state index contributed by atoms with van der Waals surface area (Å²) in [6.07, 6.45) is 3.29. The summed E-state index contributed by atoms with van der Waals surface area (Å²) in [5, 5.41) is 5.22. The summed E-state index contributed by atoms with van der Waals surface area (Å²) >= 11 is 1.27. The van der Waals surface area contributed by atoms with Crippen LogP contribution in [0.4, 0.5) is 19.9 Å². The van der Waals surface area contributed by atoms with Gasteiger partial charge in [-0.15, -0.1) is 11.3 Å². The zero-order valence-electron chi connectivity index (χ0n) is 20.5. The Morgan fingerprint density at radius 2 is 1.68 bits per heavy atom. The second-order valence-corrected chi connectivity index (χ2v) is 11.3. The molecule has 12 heteroatoms. The van der Waals surface area contributed by atoms with Crippen LogP contribution in [0.1, 0.15) is 57.3 Å². The standard InChI is InChI=1S/C26H26FN3O6S2/c1-2-36-26(33)29-24(32)22-19-9-4-3-5-11-21(19)37-25(22)28-23(31)18-8-6-7-10-20(18)30-38(34,35)17-14-12-16(27)13-15-17/h6-8,10,12-15,30H,2-5,9,11H2,1H3,(H,28,31)(H,29,32,33). The Labute approximate surface area is 223 Å². The number of benzene rings is 2. The Morgan fingerprint density at radius 1 is 0.974 bits per heavy atom. The summed E-state index contributed by atoms with van der Waals surface area (Å²) in [6, 6.07) is 10.3. The van der Waals surface area contributed by atoms with Crippen LogP contribution in [0, 0.1) is 5.82 Å². The van der Waals surface area contributed by atoms with Crippen molar-refractivity contribution in [3.05, 3.63) is 75.9 Å². The highest BCUT2D eigenvalue weighted by atomic mass is 32.2. The summed E-state index contributed by atoms with van der Waals surface area (Å²) in [5.41, 5.74) is 1.01. The number of aryl methyl sites for hydroxylation is 1. The minimum atomic E-state index is -4.12. The molecule has 0 radical (unpaired) electrons. The molecule has 0 saturated heterocycles. The van der Waals surface area contributed by atoms with Gasteiger partial charge in [0.2, 0.25) is 0 Å². The van der Waals surface area contributed by atoms with E-state index in [0.29, 0.717) is 6.42 Å². The molecule has 1 heterocycles. The van der Waals surface area contributed by atoms with Crippen molar-refractivity contribution in [2.45, 2.75) is 43.9 Å². The average molecular weight is 560 g/mol. The Kier molecular flexibility index (Phi) is 8.42. The van der Waals surface area contributed by atoms with Crippen LogP contribution in [0.25, 0.3) is 0 Å². The van der Waals surface area contributed by atoms with Crippen molar-refractivity contribution in [2.24, 2.45) is 0 Å². The summed E-state index contributed by atoms with van der Waals surface area (Å²) in [5.74, 6) is -1.91. The number of halogens is 1. The summed E-state index contributed by atoms with van der Waals surface area (Å²) < 4.78 is 46.2. The molecule has 0 unspecified atom stereocenters. The molecule has 9 nitrogen and oxygen atoms in total. The lowest BCUT2D eigenvalue weighted by Crippen LogP contribution is -2.32. The molecule has 0 atom stereocenters. The van der Waals surface area contributed by atoms with Crippen LogP contribution in [-0.4, -0.2) is 32.9 Å². The molecule has 200 valence electrons. The molecule has 4 rings (SSSR count). The lowest BCUT2D eigenvalue weighted by Gasteiger charge is -2.13. The van der Waals surface area contributed by atoms with Crippen LogP contribution in [0.2, 0.25) is 0 Å². The number of carbonyl (C=O) groups excluding carboxylic acids is 3. The van der Waals surface area contributed by atoms with Crippen LogP contribution in [0.3, 0.4) is 0 Å². The Balaban J connectivity index is 1.64. The Bertz CT molecular complexity index is 1470. The van der Waals surface area contributed by atoms with Crippen molar-refractivity contribution in [1.29, 1.82) is 0 Å². The van der Waals surface area contributed by atoms with E-state index in [2.05, 4.69) is 15.4 Å². The predicted octanol–water partition coefficient (Wildman–Crippen LogP) is 5.10. The quantitative estimate of drug-likeness (QED) is 0.346. The maximum Gasteiger partial charge on any atom is 0.414 e. The van der Waals surface area contributed by atoms with E-state index in [0.717, 1.165) is 60.4 Å². The maximum atomic E-state index is 13.4. The van der Waals surface area contributed by atoms with Gasteiger partial charge in [-0.3, -0.25) is 19.6 Å². The molecule has 3 N–H and O–H groups in total. The van der Waals surface area contributed by atoms with Gasteiger partial charge in [0.05, 0.1) is 28.3 Å². The normalized spacial score (nSPS) is 13.1. The van der Waals surface area contributed by atoms with Crippen LogP contribution in [0.15, 0.2) is 53.4 Å². The van der Waals surface area contributed by atoms with Gasteiger partial charge in [0, 0.05) is 4.88 Å². The van der Waals surface area contributed by atoms with E-state index in [1.54, 1.807) is 19.1 Å². The van der Waals surface area contributed by atoms with Gasteiger partial charge in [-0.05, 0) is 74.6 Å². The number of sulfonamides is 1. The lowest BCUT2D eigenvalue weighted by molar-refractivity contribution is 0.0925. The van der Waals surface area contributed by atoms with Gasteiger partial charge in [-0.2, -0.15) is 0 Å². The number of fused-ring (bicyclic) bond motifs is 1. The molecule has 1 aromatic heterocycles. The van der Waals surface area contributed by atoms with E-state index in [1.807, 2.05) is 0 Å². The first-order chi connectivity index (χ1) is 18.2. The first-order valence-electron chi connectivity index (χ1n) is 12.0. The van der Waals surface area contributed by atoms with Gasteiger partial charge >= 0.3 is 6.09 Å². The Morgan fingerprint density at radius 3 is 2.42 bits per heavy atom. The number of carbonyl (C=O) groups is 3. The number of amides is 3. The largest absolute Gasteiger partial charge is 0.450 e. The molecule has 38 heavy (non-hydrogen) atoms. The number of nitrogens with one attached hydrogen (secondary N) is 3. The first kappa shape index (κ1) is 27.3. The van der Waals surface area contributed by atoms with E-state index in [4.69, 9.17) is 4.74 Å². The number of para-hydroxylation sites is 1. The fourth-order valence-corrected chi connectivity index (χ4v) is 6.51. The zero-order valence-corrected chi connectivity index (χ0v) is 22.1. The molecule has 1 aliphatic rings. The SMILES string of the molecule is CCOC(=O)NC(=O)c1c(NC(=O)c2ccccc2NS(=O)(=O)c2ccc(F)cc2)sc2c1CCCCC2. The van der Waals surface area contributed by atoms with Gasteiger partial charge in [-0.1, -0.05) is 18.6 Å². The van der Waals surface area contributed by atoms with Gasteiger partial charge in [0.1, 0.15) is 10.8 Å². The molecule has 0 bridgehead atoms. The smallest absolute Gasteiger partial charge is 0.414 e. The summed E-state index contributed by atoms with van der Waals surface area (Å²) in [6.45, 7) is 1.71. The van der Waals surface area contributed by atoms with Crippen LogP contribution in [-0.2, 0) is 27.6 Å². The Hall–Kier alpha value is -3.77. The number of alkyl carbamates (subject to hydrolysis) is 1. The zero-order chi connectivity index (χ0) is 27.3. The van der Waals surface area contributed by atoms with E-state index in [-0.39, 0.29) is 33.3 Å². The molecule has 1 aliphatic carbocycles. The number of imide groups is 1. The van der Waals surface area contributed by atoms with Crippen molar-refractivity contribution in [3.8, 4) is 0 Å². The van der Waals surface area contributed by atoms with Gasteiger partial charge in [-0.25, -0.2) is 17.6 Å². The van der Waals surface area contributed by atoms with Crippen molar-refractivity contribution in [2.75, 3.05) is 16.6 Å². The number of anilines is 2. The van der Waals surface area contributed by atoms with Crippen molar-refractivity contribution in [3.63, 3.8) is 0 Å². The molecule has 0 aliphatic heterocycles.